The molecule has 3 heteroatoms. The molecule has 0 radical (unpaired) electrons. The number of aliphatic hydroxyl groups is 1. The molecule has 0 bridgehead atoms. The average molecular weight is 501 g/mol. The fraction of sp³-hybridized carbons (Fsp3) is 0.606. The van der Waals surface area contributed by atoms with E-state index in [4.69, 9.17) is 10.2 Å². The Morgan fingerprint density at radius 1 is 0.528 bits per heavy atom. The van der Waals surface area contributed by atoms with E-state index in [1.165, 1.54) is 105 Å². The third kappa shape index (κ3) is 28.1. The van der Waals surface area contributed by atoms with Crippen LogP contribution in [0.5, 0.6) is 0 Å². The number of carboxylic acid groups (broad SMARTS) is 1. The van der Waals surface area contributed by atoms with Gasteiger partial charge in [0.1, 0.15) is 6.10 Å². The van der Waals surface area contributed by atoms with Gasteiger partial charge in [-0.3, -0.25) is 0 Å². The maximum absolute atomic E-state index is 9.45. The van der Waals surface area contributed by atoms with Crippen molar-refractivity contribution in [1.82, 2.24) is 0 Å². The first-order valence-corrected chi connectivity index (χ1v) is 13.6. The van der Waals surface area contributed by atoms with E-state index in [-0.39, 0.29) is 0 Å². The van der Waals surface area contributed by atoms with Gasteiger partial charge in [0.2, 0.25) is 0 Å². The summed E-state index contributed by atoms with van der Waals surface area (Å²) < 4.78 is 0. The van der Waals surface area contributed by atoms with Crippen LogP contribution in [0.15, 0.2) is 69.9 Å². The standard InChI is InChI=1S/C30H50.C3H6O3/c1-25(2)15-11-19-29(7)23-13-21-27(5)17-9-10-18-28(6)22-14-24-30(8)20-12-16-26(3)4;1-2(4)3(5)6/h15-18,23-24H,9-14,19-22H2,1-8H3;2,4H,1H3,(H,5,6)/b27-17+,28-18+,29-23+,30-24+;. The quantitative estimate of drug-likeness (QED) is 0.164. The van der Waals surface area contributed by atoms with Crippen LogP contribution in [-0.2, 0) is 4.79 Å². The minimum atomic E-state index is -1.23. The van der Waals surface area contributed by atoms with Crippen LogP contribution < -0.4 is 0 Å². The zero-order valence-electron chi connectivity index (χ0n) is 24.9. The van der Waals surface area contributed by atoms with E-state index in [1.807, 2.05) is 0 Å². The van der Waals surface area contributed by atoms with Crippen molar-refractivity contribution in [3.05, 3.63) is 69.9 Å². The van der Waals surface area contributed by atoms with Gasteiger partial charge >= 0.3 is 5.97 Å². The van der Waals surface area contributed by atoms with Crippen LogP contribution in [0.3, 0.4) is 0 Å². The Bertz CT molecular complexity index is 720. The molecule has 36 heavy (non-hydrogen) atoms. The first-order valence-electron chi connectivity index (χ1n) is 13.6. The Morgan fingerprint density at radius 2 is 0.750 bits per heavy atom. The Balaban J connectivity index is 0. The Hall–Kier alpha value is -2.13. The van der Waals surface area contributed by atoms with Crippen LogP contribution in [0.2, 0.25) is 0 Å². The summed E-state index contributed by atoms with van der Waals surface area (Å²) in [7, 11) is 0. The smallest absolute Gasteiger partial charge is 0.332 e. The Kier molecular flexibility index (Phi) is 23.3. The van der Waals surface area contributed by atoms with E-state index in [0.717, 1.165) is 0 Å². The molecule has 0 aliphatic rings. The number of carbonyl (C=O) groups is 1. The lowest BCUT2D eigenvalue weighted by molar-refractivity contribution is -0.145. The van der Waals surface area contributed by atoms with Crippen LogP contribution in [0.4, 0.5) is 0 Å². The maximum atomic E-state index is 9.45. The summed E-state index contributed by atoms with van der Waals surface area (Å²) in [4.78, 5) is 9.45. The number of rotatable bonds is 16. The summed E-state index contributed by atoms with van der Waals surface area (Å²) in [6, 6.07) is 0. The number of aliphatic hydroxyl groups excluding tert-OH is 1. The molecule has 0 aromatic heterocycles. The predicted octanol–water partition coefficient (Wildman–Crippen LogP) is 10.1. The molecule has 2 N–H and O–H groups in total. The van der Waals surface area contributed by atoms with E-state index in [9.17, 15) is 4.79 Å². The van der Waals surface area contributed by atoms with Crippen molar-refractivity contribution in [2.45, 2.75) is 133 Å². The number of carboxylic acids is 1. The minimum absolute atomic E-state index is 1.17. The predicted molar refractivity (Wildman–Crippen MR) is 159 cm³/mol. The van der Waals surface area contributed by atoms with Gasteiger partial charge in [-0.25, -0.2) is 4.79 Å². The largest absolute Gasteiger partial charge is 0.479 e. The lowest BCUT2D eigenvalue weighted by Crippen LogP contribution is -2.13. The molecule has 0 saturated carbocycles. The second-order valence-electron chi connectivity index (χ2n) is 10.5. The minimum Gasteiger partial charge on any atom is -0.479 e. The highest BCUT2D eigenvalue weighted by Gasteiger charge is 2.01. The van der Waals surface area contributed by atoms with Crippen LogP contribution in [0, 0.1) is 0 Å². The highest BCUT2D eigenvalue weighted by Crippen LogP contribution is 2.14. The van der Waals surface area contributed by atoms with E-state index >= 15 is 0 Å². The summed E-state index contributed by atoms with van der Waals surface area (Å²) in [5.74, 6) is -1.19. The van der Waals surface area contributed by atoms with Gasteiger partial charge in [-0.2, -0.15) is 0 Å². The van der Waals surface area contributed by atoms with Gasteiger partial charge in [-0.1, -0.05) is 69.9 Å². The highest BCUT2D eigenvalue weighted by atomic mass is 16.4. The maximum Gasteiger partial charge on any atom is 0.332 e. The summed E-state index contributed by atoms with van der Waals surface area (Å²) >= 11 is 0. The molecular formula is C33H56O3. The first-order chi connectivity index (χ1) is 16.8. The third-order valence-electron chi connectivity index (χ3n) is 5.76. The first kappa shape index (κ1) is 36.0. The topological polar surface area (TPSA) is 57.5 Å². The van der Waals surface area contributed by atoms with Gasteiger partial charge in [-0.05, 0) is 127 Å². The number of unbranched alkanes of at least 4 members (excludes halogenated alkanes) is 1. The van der Waals surface area contributed by atoms with Crippen LogP contribution in [0.25, 0.3) is 0 Å². The number of hydrogen-bond donors (Lipinski definition) is 2. The van der Waals surface area contributed by atoms with Crippen molar-refractivity contribution in [2.75, 3.05) is 0 Å². The fourth-order valence-corrected chi connectivity index (χ4v) is 3.34. The normalized spacial score (nSPS) is 13.5. The van der Waals surface area contributed by atoms with Crippen molar-refractivity contribution in [3.8, 4) is 0 Å². The molecule has 0 aromatic rings. The SMILES string of the molecule is CC(C)=CCC/C(C)=C/CC/C(C)=C/CC/C=C(\C)CC/C=C(\C)CCC=C(C)C.CC(O)C(=O)O. The Morgan fingerprint density at radius 3 is 0.972 bits per heavy atom. The Labute approximate surface area is 223 Å². The molecule has 0 spiro atoms. The van der Waals surface area contributed by atoms with Crippen molar-refractivity contribution < 1.29 is 15.0 Å². The fourth-order valence-electron chi connectivity index (χ4n) is 3.34. The molecule has 0 fully saturated rings. The second kappa shape index (κ2) is 23.3. The van der Waals surface area contributed by atoms with Crippen molar-refractivity contribution >= 4 is 5.97 Å². The van der Waals surface area contributed by atoms with Gasteiger partial charge in [-0.15, -0.1) is 0 Å². The molecule has 0 aliphatic heterocycles. The van der Waals surface area contributed by atoms with E-state index in [1.54, 1.807) is 0 Å². The molecule has 1 atom stereocenters. The van der Waals surface area contributed by atoms with Gasteiger partial charge in [0, 0.05) is 0 Å². The van der Waals surface area contributed by atoms with Gasteiger partial charge < -0.3 is 10.2 Å². The molecule has 0 saturated heterocycles. The molecule has 0 heterocycles. The molecule has 0 aromatic carbocycles. The summed E-state index contributed by atoms with van der Waals surface area (Å²) in [5, 5.41) is 15.8. The number of hydrogen-bond acceptors (Lipinski definition) is 2. The highest BCUT2D eigenvalue weighted by molar-refractivity contribution is 5.71. The second-order valence-corrected chi connectivity index (χ2v) is 10.5. The van der Waals surface area contributed by atoms with Gasteiger partial charge in [0.25, 0.3) is 0 Å². The molecule has 1 unspecified atom stereocenters. The van der Waals surface area contributed by atoms with Crippen LogP contribution in [0.1, 0.15) is 127 Å². The van der Waals surface area contributed by atoms with E-state index in [2.05, 4.69) is 91.8 Å². The average Bonchev–Trinajstić information content (AvgIpc) is 2.76. The molecule has 0 amide bonds. The molecule has 0 rings (SSSR count). The van der Waals surface area contributed by atoms with Gasteiger partial charge in [0.15, 0.2) is 0 Å². The third-order valence-corrected chi connectivity index (χ3v) is 5.76. The molecule has 206 valence electrons. The molecule has 3 nitrogen and oxygen atoms in total. The lowest BCUT2D eigenvalue weighted by atomic mass is 10.0. The van der Waals surface area contributed by atoms with Crippen molar-refractivity contribution in [2.24, 2.45) is 0 Å². The van der Waals surface area contributed by atoms with Crippen molar-refractivity contribution in [1.29, 1.82) is 0 Å². The number of aliphatic carboxylic acids is 1. The van der Waals surface area contributed by atoms with Crippen molar-refractivity contribution in [3.63, 3.8) is 0 Å². The summed E-state index contributed by atoms with van der Waals surface area (Å²) in [6.45, 7) is 19.0. The van der Waals surface area contributed by atoms with E-state index in [0.29, 0.717) is 0 Å². The molecular weight excluding hydrogens is 444 g/mol. The molecule has 0 aliphatic carbocycles. The summed E-state index contributed by atoms with van der Waals surface area (Å²) in [6.07, 6.45) is 25.0. The van der Waals surface area contributed by atoms with Crippen LogP contribution in [-0.4, -0.2) is 22.3 Å². The van der Waals surface area contributed by atoms with E-state index < -0.39 is 12.1 Å². The zero-order chi connectivity index (χ0) is 27.9. The number of allylic oxidation sites excluding steroid dienone is 12. The lowest BCUT2D eigenvalue weighted by Gasteiger charge is -2.02. The zero-order valence-corrected chi connectivity index (χ0v) is 24.9. The monoisotopic (exact) mass is 500 g/mol. The summed E-state index contributed by atoms with van der Waals surface area (Å²) in [5.41, 5.74) is 8.97. The van der Waals surface area contributed by atoms with Gasteiger partial charge in [0.05, 0.1) is 0 Å². The van der Waals surface area contributed by atoms with Crippen LogP contribution >= 0.6 is 0 Å².